The molecule has 1 aliphatic rings. The fourth-order valence-electron chi connectivity index (χ4n) is 4.51. The molecule has 5 rings (SSSR count). The predicted octanol–water partition coefficient (Wildman–Crippen LogP) is 2.77. The summed E-state index contributed by atoms with van der Waals surface area (Å²) in [4.78, 5) is 40.9. The van der Waals surface area contributed by atoms with Crippen molar-refractivity contribution in [1.29, 1.82) is 0 Å². The number of non-ortho nitro benzene ring substituents is 1. The topological polar surface area (TPSA) is 172 Å². The highest BCUT2D eigenvalue weighted by Crippen LogP contribution is 2.39. The molecule has 4 aromatic rings. The number of hydrogen-bond donors (Lipinski definition) is 2. The molecule has 0 radical (unpaired) electrons. The van der Waals surface area contributed by atoms with Crippen LogP contribution in [0.5, 0.6) is 0 Å². The Morgan fingerprint density at radius 2 is 1.87 bits per heavy atom. The second-order valence-electron chi connectivity index (χ2n) is 8.60. The number of nitrogens with zero attached hydrogens (tertiary/aromatic N) is 5. The van der Waals surface area contributed by atoms with E-state index < -0.39 is 40.6 Å². The summed E-state index contributed by atoms with van der Waals surface area (Å²) in [5.41, 5.74) is 11.4. The van der Waals surface area contributed by atoms with E-state index in [1.165, 1.54) is 41.2 Å². The molecule has 0 aliphatic carbocycles. The molecule has 4 N–H and O–H groups in total. The fraction of sp³-hybridized carbons (Fsp3) is 0.167. The minimum absolute atomic E-state index is 0.0173. The summed E-state index contributed by atoms with van der Waals surface area (Å²) < 4.78 is 35.8. The number of carbonyl (C=O) groups is 2. The first-order chi connectivity index (χ1) is 18.1. The van der Waals surface area contributed by atoms with Crippen molar-refractivity contribution in [2.45, 2.75) is 18.6 Å². The fourth-order valence-corrected chi connectivity index (χ4v) is 4.51. The van der Waals surface area contributed by atoms with Gasteiger partial charge in [0.15, 0.2) is 5.82 Å². The van der Waals surface area contributed by atoms with Crippen molar-refractivity contribution in [2.75, 3.05) is 17.2 Å². The number of esters is 1. The second-order valence-corrected chi connectivity index (χ2v) is 8.60. The Bertz CT molecular complexity index is 1590. The number of primary amides is 1. The van der Waals surface area contributed by atoms with E-state index in [-0.39, 0.29) is 52.5 Å². The number of aromatic nitrogens is 3. The van der Waals surface area contributed by atoms with Gasteiger partial charge in [0.25, 0.3) is 11.6 Å². The maximum Gasteiger partial charge on any atom is 0.338 e. The zero-order valence-electron chi connectivity index (χ0n) is 19.5. The van der Waals surface area contributed by atoms with Crippen molar-refractivity contribution in [3.63, 3.8) is 0 Å². The van der Waals surface area contributed by atoms with Crippen molar-refractivity contribution < 1.29 is 28.0 Å². The SMILES string of the molecule is NC(=O)c1c(N)nn2cnc(N3C[C@@H](OC(=O)c4ccc([N+](=O)[O-])cc4)C[C@H]3c3cc(F)ccc3F)cc12. The summed E-state index contributed by atoms with van der Waals surface area (Å²) in [5, 5.41) is 14.9. The van der Waals surface area contributed by atoms with Crippen LogP contribution in [0.1, 0.15) is 38.7 Å². The lowest BCUT2D eigenvalue weighted by molar-refractivity contribution is -0.384. The summed E-state index contributed by atoms with van der Waals surface area (Å²) in [7, 11) is 0. The number of nitrogens with two attached hydrogens (primary N) is 2. The van der Waals surface area contributed by atoms with Crippen LogP contribution >= 0.6 is 0 Å². The minimum Gasteiger partial charge on any atom is -0.457 e. The zero-order chi connectivity index (χ0) is 27.1. The highest BCUT2D eigenvalue weighted by molar-refractivity contribution is 6.04. The van der Waals surface area contributed by atoms with Crippen LogP contribution in [0.25, 0.3) is 5.52 Å². The molecule has 2 atom stereocenters. The highest BCUT2D eigenvalue weighted by atomic mass is 19.1. The van der Waals surface area contributed by atoms with Crippen molar-refractivity contribution in [3.8, 4) is 0 Å². The lowest BCUT2D eigenvalue weighted by Gasteiger charge is -2.26. The lowest BCUT2D eigenvalue weighted by Crippen LogP contribution is -2.27. The number of ether oxygens (including phenoxy) is 1. The van der Waals surface area contributed by atoms with Gasteiger partial charge in [-0.3, -0.25) is 14.9 Å². The predicted molar refractivity (Wildman–Crippen MR) is 129 cm³/mol. The molecular formula is C24H19F2N7O5. The lowest BCUT2D eigenvalue weighted by atomic mass is 10.0. The van der Waals surface area contributed by atoms with Gasteiger partial charge in [0.1, 0.15) is 35.4 Å². The van der Waals surface area contributed by atoms with Crippen molar-refractivity contribution in [1.82, 2.24) is 14.6 Å². The molecule has 38 heavy (non-hydrogen) atoms. The molecule has 12 nitrogen and oxygen atoms in total. The number of amides is 1. The van der Waals surface area contributed by atoms with Gasteiger partial charge in [-0.1, -0.05) is 0 Å². The number of nitro benzene ring substituents is 1. The van der Waals surface area contributed by atoms with E-state index in [0.717, 1.165) is 18.2 Å². The Balaban J connectivity index is 1.49. The van der Waals surface area contributed by atoms with Gasteiger partial charge in [-0.2, -0.15) is 0 Å². The molecule has 3 heterocycles. The van der Waals surface area contributed by atoms with E-state index >= 15 is 0 Å². The van der Waals surface area contributed by atoms with Crippen molar-refractivity contribution in [2.24, 2.45) is 5.73 Å². The van der Waals surface area contributed by atoms with Gasteiger partial charge < -0.3 is 21.1 Å². The van der Waals surface area contributed by atoms with Crippen LogP contribution in [0, 0.1) is 21.7 Å². The Morgan fingerprint density at radius 3 is 2.55 bits per heavy atom. The Hall–Kier alpha value is -5.14. The third kappa shape index (κ3) is 4.42. The highest BCUT2D eigenvalue weighted by Gasteiger charge is 2.38. The second kappa shape index (κ2) is 9.38. The maximum absolute atomic E-state index is 14.8. The van der Waals surface area contributed by atoms with E-state index in [2.05, 4.69) is 10.1 Å². The first kappa shape index (κ1) is 24.5. The molecule has 2 aromatic carbocycles. The molecule has 1 amide bonds. The molecule has 1 aliphatic heterocycles. The number of benzene rings is 2. The minimum atomic E-state index is -0.807. The molecule has 0 unspecified atom stereocenters. The van der Waals surface area contributed by atoms with Gasteiger partial charge in [0.05, 0.1) is 28.6 Å². The quantitative estimate of drug-likeness (QED) is 0.219. The van der Waals surface area contributed by atoms with Crippen LogP contribution in [-0.2, 0) is 4.74 Å². The van der Waals surface area contributed by atoms with Gasteiger partial charge in [-0.05, 0) is 30.3 Å². The molecule has 1 saturated heterocycles. The number of rotatable bonds is 6. The van der Waals surface area contributed by atoms with Crippen LogP contribution in [0.15, 0.2) is 54.9 Å². The summed E-state index contributed by atoms with van der Waals surface area (Å²) in [6.45, 7) is 0.0397. The van der Waals surface area contributed by atoms with E-state index in [9.17, 15) is 28.5 Å². The van der Waals surface area contributed by atoms with Crippen LogP contribution in [0.3, 0.4) is 0 Å². The third-order valence-electron chi connectivity index (χ3n) is 6.25. The molecule has 1 fully saturated rings. The maximum atomic E-state index is 14.8. The number of nitrogen functional groups attached to an aromatic ring is 1. The summed E-state index contributed by atoms with van der Waals surface area (Å²) in [6, 6.07) is 8.61. The number of fused-ring (bicyclic) bond motifs is 1. The Morgan fingerprint density at radius 1 is 1.13 bits per heavy atom. The van der Waals surface area contributed by atoms with E-state index in [1.54, 1.807) is 4.90 Å². The number of anilines is 2. The Labute approximate surface area is 212 Å². The van der Waals surface area contributed by atoms with Crippen LogP contribution in [-0.4, -0.2) is 44.0 Å². The monoisotopic (exact) mass is 523 g/mol. The molecule has 194 valence electrons. The number of hydrogen-bond acceptors (Lipinski definition) is 9. The van der Waals surface area contributed by atoms with Crippen LogP contribution in [0.4, 0.5) is 26.1 Å². The van der Waals surface area contributed by atoms with Crippen LogP contribution in [0.2, 0.25) is 0 Å². The van der Waals surface area contributed by atoms with Gasteiger partial charge in [-0.15, -0.1) is 5.10 Å². The van der Waals surface area contributed by atoms with E-state index in [4.69, 9.17) is 16.2 Å². The first-order valence-corrected chi connectivity index (χ1v) is 11.2. The van der Waals surface area contributed by atoms with Crippen molar-refractivity contribution in [3.05, 3.63) is 93.3 Å². The first-order valence-electron chi connectivity index (χ1n) is 11.2. The molecule has 0 spiro atoms. The average Bonchev–Trinajstić information content (AvgIpc) is 3.45. The van der Waals surface area contributed by atoms with E-state index in [1.807, 2.05) is 0 Å². The number of nitro groups is 1. The summed E-state index contributed by atoms with van der Waals surface area (Å²) in [5.74, 6) is -2.72. The van der Waals surface area contributed by atoms with Gasteiger partial charge >= 0.3 is 5.97 Å². The summed E-state index contributed by atoms with van der Waals surface area (Å²) >= 11 is 0. The molecule has 0 saturated carbocycles. The van der Waals surface area contributed by atoms with Gasteiger partial charge in [0, 0.05) is 30.2 Å². The zero-order valence-corrected chi connectivity index (χ0v) is 19.5. The smallest absolute Gasteiger partial charge is 0.338 e. The molecule has 0 bridgehead atoms. The number of halogens is 2. The van der Waals surface area contributed by atoms with Gasteiger partial charge in [0.2, 0.25) is 0 Å². The Kier molecular flexibility index (Phi) is 6.06. The van der Waals surface area contributed by atoms with Gasteiger partial charge in [-0.25, -0.2) is 23.1 Å². The average molecular weight is 523 g/mol. The standard InChI is InChI=1S/C24H19F2N7O5/c25-13-3-6-17(26)16(7-13)18-8-15(38-24(35)12-1-4-14(5-2-12)33(36)37)10-31(18)20-9-19-21(23(28)34)22(27)30-32(19)11-29-20/h1-7,9,11,15,18H,8,10H2,(H2,27,30)(H2,28,34)/t15-,18-/m0/s1. The molecule has 14 heteroatoms. The normalized spacial score (nSPS) is 17.1. The molecular weight excluding hydrogens is 504 g/mol. The molecule has 2 aromatic heterocycles. The van der Waals surface area contributed by atoms with Crippen molar-refractivity contribution >= 4 is 34.7 Å². The van der Waals surface area contributed by atoms with Crippen LogP contribution < -0.4 is 16.4 Å². The largest absolute Gasteiger partial charge is 0.457 e. The van der Waals surface area contributed by atoms with E-state index in [0.29, 0.717) is 0 Å². The summed E-state index contributed by atoms with van der Waals surface area (Å²) in [6.07, 6.45) is 0.590. The third-order valence-corrected chi connectivity index (χ3v) is 6.25. The number of carbonyl (C=O) groups excluding carboxylic acids is 2.